The van der Waals surface area contributed by atoms with Gasteiger partial charge in [-0.25, -0.2) is 4.98 Å². The second-order valence-electron chi connectivity index (χ2n) is 6.04. The molecule has 21 heavy (non-hydrogen) atoms. The van der Waals surface area contributed by atoms with Crippen LogP contribution in [0.15, 0.2) is 0 Å². The molecule has 0 aromatic carbocycles. The highest BCUT2D eigenvalue weighted by Crippen LogP contribution is 2.37. The van der Waals surface area contributed by atoms with Crippen molar-refractivity contribution in [1.29, 1.82) is 0 Å². The van der Waals surface area contributed by atoms with Gasteiger partial charge in [-0.05, 0) is 39.5 Å². The maximum absolute atomic E-state index is 12.4. The molecule has 1 aromatic heterocycles. The molecule has 2 rings (SSSR count). The van der Waals surface area contributed by atoms with Crippen LogP contribution < -0.4 is 5.32 Å². The third-order valence-electron chi connectivity index (χ3n) is 4.14. The molecule has 1 aromatic rings. The van der Waals surface area contributed by atoms with Gasteiger partial charge in [-0.2, -0.15) is 0 Å². The highest BCUT2D eigenvalue weighted by atomic mass is 32.1. The molecule has 0 saturated heterocycles. The van der Waals surface area contributed by atoms with Crippen molar-refractivity contribution in [3.05, 3.63) is 15.6 Å². The van der Waals surface area contributed by atoms with E-state index in [0.717, 1.165) is 15.6 Å². The number of carboxylic acids is 1. The minimum atomic E-state index is -0.864. The quantitative estimate of drug-likeness (QED) is 0.896. The van der Waals surface area contributed by atoms with E-state index in [1.54, 1.807) is 11.3 Å². The van der Waals surface area contributed by atoms with Gasteiger partial charge in [0.05, 0.1) is 28.6 Å². The second kappa shape index (κ2) is 6.13. The Morgan fingerprint density at radius 1 is 1.33 bits per heavy atom. The third-order valence-corrected chi connectivity index (χ3v) is 5.40. The molecule has 0 aliphatic heterocycles. The molecule has 0 bridgehead atoms. The Labute approximate surface area is 128 Å². The molecule has 1 aliphatic rings. The predicted octanol–water partition coefficient (Wildman–Crippen LogP) is 2.68. The van der Waals surface area contributed by atoms with Crippen LogP contribution >= 0.6 is 11.3 Å². The number of carbonyl (C=O) groups is 2. The van der Waals surface area contributed by atoms with Crippen LogP contribution in [0.4, 0.5) is 0 Å². The number of amides is 1. The molecule has 0 radical (unpaired) electrons. The lowest BCUT2D eigenvalue weighted by molar-refractivity contribution is -0.146. The number of hydrogen-bond acceptors (Lipinski definition) is 4. The number of aliphatic carboxylic acids is 1. The highest BCUT2D eigenvalue weighted by Gasteiger charge is 2.41. The van der Waals surface area contributed by atoms with E-state index in [1.165, 1.54) is 0 Å². The maximum atomic E-state index is 12.4. The summed E-state index contributed by atoms with van der Waals surface area (Å²) >= 11 is 1.57. The van der Waals surface area contributed by atoms with E-state index in [1.807, 2.05) is 27.7 Å². The fraction of sp³-hybridized carbons (Fsp3) is 0.667. The molecule has 1 fully saturated rings. The van der Waals surface area contributed by atoms with E-state index >= 15 is 0 Å². The van der Waals surface area contributed by atoms with Gasteiger partial charge in [-0.1, -0.05) is 6.92 Å². The number of thiazole rings is 1. The molecule has 1 heterocycles. The normalized spacial score (nSPS) is 26.6. The first kappa shape index (κ1) is 15.9. The van der Waals surface area contributed by atoms with E-state index < -0.39 is 17.8 Å². The molecule has 5 nitrogen and oxygen atoms in total. The van der Waals surface area contributed by atoms with Crippen LogP contribution in [-0.2, 0) is 9.59 Å². The van der Waals surface area contributed by atoms with Gasteiger partial charge in [0, 0.05) is 4.88 Å². The molecule has 1 saturated carbocycles. The minimum absolute atomic E-state index is 0.131. The van der Waals surface area contributed by atoms with E-state index in [-0.39, 0.29) is 17.9 Å². The van der Waals surface area contributed by atoms with Crippen LogP contribution in [0.2, 0.25) is 0 Å². The highest BCUT2D eigenvalue weighted by molar-refractivity contribution is 7.11. The number of carboxylic acid groups (broad SMARTS) is 1. The Balaban J connectivity index is 2.07. The first-order valence-corrected chi connectivity index (χ1v) is 8.08. The van der Waals surface area contributed by atoms with Crippen molar-refractivity contribution in [3.63, 3.8) is 0 Å². The zero-order valence-corrected chi connectivity index (χ0v) is 13.7. The summed E-state index contributed by atoms with van der Waals surface area (Å²) in [5.74, 6) is -1.71. The minimum Gasteiger partial charge on any atom is -0.481 e. The topological polar surface area (TPSA) is 79.3 Å². The summed E-state index contributed by atoms with van der Waals surface area (Å²) in [5, 5.41) is 13.2. The molecule has 2 unspecified atom stereocenters. The van der Waals surface area contributed by atoms with Crippen LogP contribution in [0.1, 0.15) is 48.3 Å². The summed E-state index contributed by atoms with van der Waals surface area (Å²) in [6, 6.07) is -0.131. The summed E-state index contributed by atoms with van der Waals surface area (Å²) in [5.41, 5.74) is 0.930. The van der Waals surface area contributed by atoms with Crippen LogP contribution in [0, 0.1) is 31.6 Å². The molecule has 1 amide bonds. The number of aromatic nitrogens is 1. The van der Waals surface area contributed by atoms with Gasteiger partial charge in [-0.3, -0.25) is 9.59 Å². The number of rotatable bonds is 4. The lowest BCUT2D eigenvalue weighted by Crippen LogP contribution is -2.36. The fourth-order valence-electron chi connectivity index (χ4n) is 3.19. The number of nitrogens with one attached hydrogen (secondary N) is 1. The number of hydrogen-bond donors (Lipinski definition) is 2. The van der Waals surface area contributed by atoms with Gasteiger partial charge in [-0.15, -0.1) is 11.3 Å². The van der Waals surface area contributed by atoms with Crippen molar-refractivity contribution in [1.82, 2.24) is 10.3 Å². The number of carbonyl (C=O) groups excluding carboxylic acids is 1. The molecule has 1 aliphatic carbocycles. The Bertz CT molecular complexity index is 555. The smallest absolute Gasteiger partial charge is 0.307 e. The van der Waals surface area contributed by atoms with E-state index in [0.29, 0.717) is 12.8 Å². The second-order valence-corrected chi connectivity index (χ2v) is 7.28. The van der Waals surface area contributed by atoms with Crippen LogP contribution in [-0.4, -0.2) is 22.0 Å². The lowest BCUT2D eigenvalue weighted by Gasteiger charge is -2.19. The van der Waals surface area contributed by atoms with E-state index in [4.69, 9.17) is 0 Å². The van der Waals surface area contributed by atoms with Crippen LogP contribution in [0.3, 0.4) is 0 Å². The van der Waals surface area contributed by atoms with Crippen molar-refractivity contribution < 1.29 is 14.7 Å². The van der Waals surface area contributed by atoms with Crippen molar-refractivity contribution in [2.75, 3.05) is 0 Å². The van der Waals surface area contributed by atoms with Crippen molar-refractivity contribution in [2.24, 2.45) is 17.8 Å². The standard InChI is InChI=1S/C15H22N2O3S/c1-7-5-11(12(6-7)15(19)20)14(18)17-9(3)13-8(2)16-10(4)21-13/h7,9,11-12H,5-6H2,1-4H3,(H,17,18)(H,19,20)/t7?,9?,11-,12+/m0/s1. The average molecular weight is 310 g/mol. The van der Waals surface area contributed by atoms with Gasteiger partial charge in [0.25, 0.3) is 0 Å². The Morgan fingerprint density at radius 3 is 2.48 bits per heavy atom. The summed E-state index contributed by atoms with van der Waals surface area (Å²) in [4.78, 5) is 29.1. The van der Waals surface area contributed by atoms with Gasteiger partial charge in [0.1, 0.15) is 0 Å². The van der Waals surface area contributed by atoms with Crippen molar-refractivity contribution in [2.45, 2.75) is 46.6 Å². The third kappa shape index (κ3) is 3.43. The average Bonchev–Trinajstić information content (AvgIpc) is 2.92. The first-order valence-electron chi connectivity index (χ1n) is 7.26. The van der Waals surface area contributed by atoms with Crippen LogP contribution in [0.5, 0.6) is 0 Å². The monoisotopic (exact) mass is 310 g/mol. The van der Waals surface area contributed by atoms with Crippen molar-refractivity contribution >= 4 is 23.2 Å². The van der Waals surface area contributed by atoms with Crippen LogP contribution in [0.25, 0.3) is 0 Å². The van der Waals surface area contributed by atoms with Gasteiger partial charge in [0.2, 0.25) is 5.91 Å². The molecule has 4 atom stereocenters. The van der Waals surface area contributed by atoms with Gasteiger partial charge < -0.3 is 10.4 Å². The molecule has 6 heteroatoms. The Kier molecular flexibility index (Phi) is 4.66. The first-order chi connectivity index (χ1) is 9.79. The largest absolute Gasteiger partial charge is 0.481 e. The maximum Gasteiger partial charge on any atom is 0.307 e. The molecule has 116 valence electrons. The van der Waals surface area contributed by atoms with Crippen molar-refractivity contribution in [3.8, 4) is 0 Å². The predicted molar refractivity (Wildman–Crippen MR) is 81.2 cm³/mol. The Morgan fingerprint density at radius 2 is 1.95 bits per heavy atom. The summed E-state index contributed by atoms with van der Waals surface area (Å²) < 4.78 is 0. The summed E-state index contributed by atoms with van der Waals surface area (Å²) in [6.07, 6.45) is 1.23. The van der Waals surface area contributed by atoms with Gasteiger partial charge in [0.15, 0.2) is 0 Å². The molecular weight excluding hydrogens is 288 g/mol. The summed E-state index contributed by atoms with van der Waals surface area (Å²) in [6.45, 7) is 7.79. The SMILES string of the molecule is Cc1nc(C)c(C(C)NC(=O)[C@H]2CC(C)C[C@H]2C(=O)O)s1. The van der Waals surface area contributed by atoms with Gasteiger partial charge >= 0.3 is 5.97 Å². The molecular formula is C15H22N2O3S. The number of nitrogens with zero attached hydrogens (tertiary/aromatic N) is 1. The summed E-state index contributed by atoms with van der Waals surface area (Å²) in [7, 11) is 0. The zero-order chi connectivity index (χ0) is 15.7. The van der Waals surface area contributed by atoms with E-state index in [9.17, 15) is 14.7 Å². The fourth-order valence-corrected chi connectivity index (χ4v) is 4.12. The number of aryl methyl sites for hydroxylation is 2. The van der Waals surface area contributed by atoms with E-state index in [2.05, 4.69) is 10.3 Å². The molecule has 2 N–H and O–H groups in total. The zero-order valence-electron chi connectivity index (χ0n) is 12.8. The molecule has 0 spiro atoms. The lowest BCUT2D eigenvalue weighted by atomic mass is 9.95. The Hall–Kier alpha value is -1.43.